The van der Waals surface area contributed by atoms with Gasteiger partial charge in [-0.1, -0.05) is 27.7 Å². The Labute approximate surface area is 119 Å². The number of hydrogen-bond donors (Lipinski definition) is 4. The van der Waals surface area contributed by atoms with Gasteiger partial charge in [0.15, 0.2) is 0 Å². The molecular weight excluding hydrogens is 236 g/mol. The van der Waals surface area contributed by atoms with Gasteiger partial charge in [0.25, 0.3) is 0 Å². The molecule has 0 heterocycles. The van der Waals surface area contributed by atoms with Gasteiger partial charge in [-0.2, -0.15) is 0 Å². The van der Waals surface area contributed by atoms with E-state index in [1.165, 1.54) is 0 Å². The summed E-state index contributed by atoms with van der Waals surface area (Å²) in [7, 11) is 0. The van der Waals surface area contributed by atoms with Crippen LogP contribution < -0.4 is 22.9 Å². The van der Waals surface area contributed by atoms with Crippen LogP contribution in [0, 0.1) is 16.2 Å². The molecule has 4 heteroatoms. The average Bonchev–Trinajstić information content (AvgIpc) is 2.23. The molecule has 0 saturated heterocycles. The predicted octanol–water partition coefficient (Wildman–Crippen LogP) is 1.42. The van der Waals surface area contributed by atoms with E-state index >= 15 is 0 Å². The van der Waals surface area contributed by atoms with Crippen molar-refractivity contribution in [3.05, 3.63) is 0 Å². The standard InChI is InChI=1S/C15H36N4/c1-12(2,7-9-16)13(3,4)15(11-18,8-10-17)14(5,6)19/h7-11,16-19H2,1-6H3. The van der Waals surface area contributed by atoms with Crippen molar-refractivity contribution in [1.82, 2.24) is 0 Å². The smallest absolute Gasteiger partial charge is 0.0172 e. The van der Waals surface area contributed by atoms with E-state index < -0.39 is 5.54 Å². The zero-order valence-corrected chi connectivity index (χ0v) is 13.8. The van der Waals surface area contributed by atoms with Gasteiger partial charge in [-0.3, -0.25) is 0 Å². The SMILES string of the molecule is CC(C)(N)C(CN)(CCN)C(C)(C)C(C)(C)CCN. The van der Waals surface area contributed by atoms with E-state index in [1.807, 2.05) is 0 Å². The van der Waals surface area contributed by atoms with Gasteiger partial charge in [0.2, 0.25) is 0 Å². The number of hydrogen-bond acceptors (Lipinski definition) is 4. The number of rotatable bonds is 8. The van der Waals surface area contributed by atoms with Crippen LogP contribution in [0.4, 0.5) is 0 Å². The Hall–Kier alpha value is -0.160. The summed E-state index contributed by atoms with van der Waals surface area (Å²) in [4.78, 5) is 0. The lowest BCUT2D eigenvalue weighted by Gasteiger charge is -2.60. The maximum Gasteiger partial charge on any atom is 0.0172 e. The van der Waals surface area contributed by atoms with Gasteiger partial charge in [0.05, 0.1) is 0 Å². The van der Waals surface area contributed by atoms with Gasteiger partial charge < -0.3 is 22.9 Å². The van der Waals surface area contributed by atoms with Crippen molar-refractivity contribution in [2.45, 2.75) is 59.9 Å². The van der Waals surface area contributed by atoms with Crippen LogP contribution in [0.1, 0.15) is 54.4 Å². The number of nitrogens with two attached hydrogens (primary N) is 4. The van der Waals surface area contributed by atoms with E-state index in [0.29, 0.717) is 19.6 Å². The third kappa shape index (κ3) is 3.13. The fourth-order valence-corrected chi connectivity index (χ4v) is 3.63. The Bertz CT molecular complexity index is 278. The van der Waals surface area contributed by atoms with Gasteiger partial charge in [0, 0.05) is 17.5 Å². The van der Waals surface area contributed by atoms with Crippen molar-refractivity contribution in [1.29, 1.82) is 0 Å². The van der Waals surface area contributed by atoms with Crippen molar-refractivity contribution >= 4 is 0 Å². The predicted molar refractivity (Wildman–Crippen MR) is 84.7 cm³/mol. The largest absolute Gasteiger partial charge is 0.330 e. The maximum absolute atomic E-state index is 6.52. The second kappa shape index (κ2) is 6.08. The third-order valence-electron chi connectivity index (χ3n) is 5.81. The van der Waals surface area contributed by atoms with Crippen LogP contribution >= 0.6 is 0 Å². The Kier molecular flexibility index (Phi) is 6.03. The van der Waals surface area contributed by atoms with Crippen molar-refractivity contribution < 1.29 is 0 Å². The molecule has 0 aromatic heterocycles. The van der Waals surface area contributed by atoms with E-state index in [4.69, 9.17) is 22.9 Å². The zero-order chi connectivity index (χ0) is 15.5. The third-order valence-corrected chi connectivity index (χ3v) is 5.81. The highest BCUT2D eigenvalue weighted by molar-refractivity contribution is 5.10. The topological polar surface area (TPSA) is 104 Å². The summed E-state index contributed by atoms with van der Waals surface area (Å²) in [6.07, 6.45) is 1.77. The molecule has 116 valence electrons. The van der Waals surface area contributed by atoms with Gasteiger partial charge in [-0.25, -0.2) is 0 Å². The second-order valence-corrected chi connectivity index (χ2v) is 7.59. The molecule has 1 atom stereocenters. The minimum atomic E-state index is -0.392. The first-order chi connectivity index (χ1) is 8.43. The van der Waals surface area contributed by atoms with Crippen LogP contribution in [-0.2, 0) is 0 Å². The van der Waals surface area contributed by atoms with E-state index in [9.17, 15) is 0 Å². The molecule has 0 aromatic rings. The van der Waals surface area contributed by atoms with Crippen molar-refractivity contribution in [3.8, 4) is 0 Å². The van der Waals surface area contributed by atoms with Crippen LogP contribution in [0.2, 0.25) is 0 Å². The van der Waals surface area contributed by atoms with Gasteiger partial charge in [-0.05, 0) is 50.6 Å². The monoisotopic (exact) mass is 272 g/mol. The van der Waals surface area contributed by atoms with Crippen LogP contribution in [-0.4, -0.2) is 25.2 Å². The molecule has 0 fully saturated rings. The van der Waals surface area contributed by atoms with E-state index in [0.717, 1.165) is 12.8 Å². The normalized spacial score (nSPS) is 17.4. The summed E-state index contributed by atoms with van der Waals surface area (Å²) < 4.78 is 0. The summed E-state index contributed by atoms with van der Waals surface area (Å²) in [5, 5.41) is 0. The van der Waals surface area contributed by atoms with Crippen LogP contribution in [0.15, 0.2) is 0 Å². The second-order valence-electron chi connectivity index (χ2n) is 7.59. The fraction of sp³-hybridized carbons (Fsp3) is 1.00. The molecule has 0 saturated carbocycles. The lowest BCUT2D eigenvalue weighted by molar-refractivity contribution is -0.0855. The minimum Gasteiger partial charge on any atom is -0.330 e. The first-order valence-electron chi connectivity index (χ1n) is 7.32. The first-order valence-corrected chi connectivity index (χ1v) is 7.32. The summed E-state index contributed by atoms with van der Waals surface area (Å²) >= 11 is 0. The molecule has 4 nitrogen and oxygen atoms in total. The molecular formula is C15H36N4. The Morgan fingerprint density at radius 1 is 0.737 bits per heavy atom. The first kappa shape index (κ1) is 18.8. The van der Waals surface area contributed by atoms with Gasteiger partial charge in [0.1, 0.15) is 0 Å². The summed E-state index contributed by atoms with van der Waals surface area (Å²) in [6, 6.07) is 0. The van der Waals surface area contributed by atoms with Gasteiger partial charge in [-0.15, -0.1) is 0 Å². The molecule has 0 aromatic carbocycles. The maximum atomic E-state index is 6.52. The molecule has 0 spiro atoms. The zero-order valence-electron chi connectivity index (χ0n) is 13.8. The van der Waals surface area contributed by atoms with E-state index in [2.05, 4.69) is 41.5 Å². The Morgan fingerprint density at radius 3 is 1.42 bits per heavy atom. The molecule has 0 radical (unpaired) electrons. The molecule has 1 unspecified atom stereocenters. The molecule has 0 rings (SSSR count). The summed E-state index contributed by atoms with van der Waals surface area (Å²) in [5.41, 5.74) is 23.7. The van der Waals surface area contributed by atoms with E-state index in [-0.39, 0.29) is 16.2 Å². The van der Waals surface area contributed by atoms with Crippen molar-refractivity contribution in [2.24, 2.45) is 39.2 Å². The van der Waals surface area contributed by atoms with E-state index in [1.54, 1.807) is 0 Å². The molecule has 0 aliphatic carbocycles. The lowest BCUT2D eigenvalue weighted by Crippen LogP contribution is -2.66. The quantitative estimate of drug-likeness (QED) is 0.536. The summed E-state index contributed by atoms with van der Waals surface area (Å²) in [5.74, 6) is 0. The molecule has 0 bridgehead atoms. The van der Waals surface area contributed by atoms with Crippen molar-refractivity contribution in [2.75, 3.05) is 19.6 Å². The summed E-state index contributed by atoms with van der Waals surface area (Å²) in [6.45, 7) is 15.0. The highest BCUT2D eigenvalue weighted by Gasteiger charge is 2.57. The lowest BCUT2D eigenvalue weighted by atomic mass is 9.46. The molecule has 19 heavy (non-hydrogen) atoms. The van der Waals surface area contributed by atoms with Crippen molar-refractivity contribution in [3.63, 3.8) is 0 Å². The molecule has 0 amide bonds. The molecule has 8 N–H and O–H groups in total. The van der Waals surface area contributed by atoms with Crippen LogP contribution in [0.3, 0.4) is 0 Å². The highest BCUT2D eigenvalue weighted by Crippen LogP contribution is 2.57. The van der Waals surface area contributed by atoms with Gasteiger partial charge >= 0.3 is 0 Å². The minimum absolute atomic E-state index is 0.0485. The Morgan fingerprint density at radius 2 is 1.16 bits per heavy atom. The highest BCUT2D eigenvalue weighted by atomic mass is 14.8. The van der Waals surface area contributed by atoms with Crippen LogP contribution in [0.5, 0.6) is 0 Å². The fourth-order valence-electron chi connectivity index (χ4n) is 3.63. The Balaban J connectivity index is 5.85. The molecule has 0 aliphatic heterocycles. The van der Waals surface area contributed by atoms with Crippen LogP contribution in [0.25, 0.3) is 0 Å². The molecule has 0 aliphatic rings. The average molecular weight is 272 g/mol.